The van der Waals surface area contributed by atoms with Gasteiger partial charge in [0.2, 0.25) is 5.91 Å². The van der Waals surface area contributed by atoms with Crippen LogP contribution in [0.1, 0.15) is 53.0 Å². The molecule has 0 aromatic heterocycles. The highest BCUT2D eigenvalue weighted by Gasteiger charge is 2.27. The molecule has 1 aliphatic rings. The highest BCUT2D eigenvalue weighted by molar-refractivity contribution is 7.21. The molecule has 2 rings (SSSR count). The van der Waals surface area contributed by atoms with E-state index in [1.807, 2.05) is 39.0 Å². The second kappa shape index (κ2) is 8.92. The van der Waals surface area contributed by atoms with Gasteiger partial charge in [-0.15, -0.1) is 0 Å². The summed E-state index contributed by atoms with van der Waals surface area (Å²) < 4.78 is 13.1. The molecule has 1 aromatic rings. The third kappa shape index (κ3) is 6.10. The average Bonchev–Trinajstić information content (AvgIpc) is 2.60. The van der Waals surface area contributed by atoms with Crippen molar-refractivity contribution in [3.63, 3.8) is 0 Å². The second-order valence-electron chi connectivity index (χ2n) is 7.82. The normalized spacial score (nSPS) is 15.4. The van der Waals surface area contributed by atoms with Gasteiger partial charge in [0.05, 0.1) is 5.69 Å². The van der Waals surface area contributed by atoms with Crippen molar-refractivity contribution in [1.29, 1.82) is 0 Å². The van der Waals surface area contributed by atoms with E-state index in [1.54, 1.807) is 9.57 Å². The molecule has 27 heavy (non-hydrogen) atoms. The molecule has 7 heteroatoms. The molecule has 1 aliphatic heterocycles. The number of rotatable bonds is 4. The smallest absolute Gasteiger partial charge is 0.410 e. The van der Waals surface area contributed by atoms with E-state index in [0.717, 1.165) is 36.3 Å². The number of nitrogens with zero attached hydrogens (tertiary/aromatic N) is 2. The van der Waals surface area contributed by atoms with E-state index in [2.05, 4.69) is 16.3 Å². The number of ether oxygens (including phenoxy) is 2. The van der Waals surface area contributed by atoms with Crippen molar-refractivity contribution in [2.45, 2.75) is 65.6 Å². The van der Waals surface area contributed by atoms with Crippen molar-refractivity contribution in [2.24, 2.45) is 0 Å². The summed E-state index contributed by atoms with van der Waals surface area (Å²) in [7, 11) is 2.46. The van der Waals surface area contributed by atoms with E-state index in [-0.39, 0.29) is 18.1 Å². The lowest BCUT2D eigenvalue weighted by Gasteiger charge is -2.33. The van der Waals surface area contributed by atoms with E-state index in [0.29, 0.717) is 13.1 Å². The molecule has 0 bridgehead atoms. The lowest BCUT2D eigenvalue weighted by molar-refractivity contribution is -0.115. The molecule has 0 radical (unpaired) electrons. The van der Waals surface area contributed by atoms with Crippen LogP contribution in [0, 0.1) is 0 Å². The molecular weight excluding hydrogens is 363 g/mol. The number of carbonyl (C=O) groups excluding carboxylic acids is 2. The van der Waals surface area contributed by atoms with Crippen LogP contribution >= 0.6 is 9.39 Å². The zero-order valence-electron chi connectivity index (χ0n) is 16.9. The first kappa shape index (κ1) is 21.5. The molecule has 0 saturated carbocycles. The van der Waals surface area contributed by atoms with Crippen molar-refractivity contribution in [2.75, 3.05) is 17.8 Å². The summed E-state index contributed by atoms with van der Waals surface area (Å²) >= 11 is 0. The third-order valence-corrected chi connectivity index (χ3v) is 5.07. The Morgan fingerprint density at radius 3 is 2.41 bits per heavy atom. The molecule has 1 atom stereocenters. The highest BCUT2D eigenvalue weighted by Crippen LogP contribution is 2.30. The predicted molar refractivity (Wildman–Crippen MR) is 110 cm³/mol. The molecule has 150 valence electrons. The Bertz CT molecular complexity index is 679. The highest BCUT2D eigenvalue weighted by atomic mass is 31.0. The predicted octanol–water partition coefficient (Wildman–Crippen LogP) is 4.17. The van der Waals surface area contributed by atoms with Gasteiger partial charge in [0.1, 0.15) is 17.5 Å². The molecule has 1 fully saturated rings. The lowest BCUT2D eigenvalue weighted by atomic mass is 10.1. The number of carbonyl (C=O) groups is 2. The average molecular weight is 394 g/mol. The molecule has 1 unspecified atom stereocenters. The van der Waals surface area contributed by atoms with Crippen LogP contribution in [-0.2, 0) is 16.0 Å². The summed E-state index contributed by atoms with van der Waals surface area (Å²) in [6.07, 6.45) is 2.15. The number of hydrogen-bond donors (Lipinski definition) is 0. The molecular formula is C20H31N2O4P. The zero-order chi connectivity index (χ0) is 20.2. The summed E-state index contributed by atoms with van der Waals surface area (Å²) in [6.45, 7) is 10.5. The van der Waals surface area contributed by atoms with Crippen molar-refractivity contribution in [1.82, 2.24) is 4.90 Å². The molecule has 0 spiro atoms. The maximum atomic E-state index is 12.1. The molecule has 6 nitrogen and oxygen atoms in total. The number of likely N-dealkylation sites (tertiary alicyclic amines) is 1. The maximum absolute atomic E-state index is 12.1. The fourth-order valence-electron chi connectivity index (χ4n) is 3.00. The zero-order valence-corrected chi connectivity index (χ0v) is 18.1. The minimum absolute atomic E-state index is 0.0297. The van der Waals surface area contributed by atoms with Crippen LogP contribution in [0.5, 0.6) is 5.75 Å². The van der Waals surface area contributed by atoms with E-state index in [4.69, 9.17) is 9.47 Å². The van der Waals surface area contributed by atoms with Gasteiger partial charge in [-0.1, -0.05) is 6.92 Å². The summed E-state index contributed by atoms with van der Waals surface area (Å²) in [5.41, 5.74) is 1.46. The van der Waals surface area contributed by atoms with Crippen LogP contribution in [0.4, 0.5) is 10.5 Å². The number of hydrogen-bond acceptors (Lipinski definition) is 4. The first-order valence-electron chi connectivity index (χ1n) is 9.43. The first-order chi connectivity index (χ1) is 12.6. The quantitative estimate of drug-likeness (QED) is 0.719. The number of aryl methyl sites for hydroxylation is 1. The van der Waals surface area contributed by atoms with Crippen LogP contribution in [0.3, 0.4) is 0 Å². The Labute approximate surface area is 164 Å². The Kier molecular flexibility index (Phi) is 7.10. The van der Waals surface area contributed by atoms with Gasteiger partial charge in [0.25, 0.3) is 0 Å². The molecule has 0 aliphatic carbocycles. The van der Waals surface area contributed by atoms with Crippen LogP contribution in [0.15, 0.2) is 18.2 Å². The van der Waals surface area contributed by atoms with Gasteiger partial charge in [-0.05, 0) is 60.3 Å². The third-order valence-electron chi connectivity index (χ3n) is 4.43. The van der Waals surface area contributed by atoms with Crippen molar-refractivity contribution >= 4 is 27.1 Å². The second-order valence-corrected chi connectivity index (χ2v) is 8.33. The summed E-state index contributed by atoms with van der Waals surface area (Å²) in [5, 5.41) is 0. The van der Waals surface area contributed by atoms with Crippen LogP contribution in [0.25, 0.3) is 0 Å². The monoisotopic (exact) mass is 394 g/mol. The van der Waals surface area contributed by atoms with Crippen molar-refractivity contribution in [3.8, 4) is 5.75 Å². The Morgan fingerprint density at radius 2 is 1.89 bits per heavy atom. The number of piperidine rings is 1. The summed E-state index contributed by atoms with van der Waals surface area (Å²) in [4.78, 5) is 25.5. The van der Waals surface area contributed by atoms with Crippen LogP contribution in [-0.4, -0.2) is 41.7 Å². The topological polar surface area (TPSA) is 59.1 Å². The molecule has 1 heterocycles. The molecule has 0 N–H and O–H groups in total. The Hall–Kier alpha value is -1.81. The Balaban J connectivity index is 1.95. The van der Waals surface area contributed by atoms with E-state index >= 15 is 0 Å². The van der Waals surface area contributed by atoms with Crippen molar-refractivity contribution < 1.29 is 19.1 Å². The van der Waals surface area contributed by atoms with Gasteiger partial charge in [-0.25, -0.2) is 4.79 Å². The van der Waals surface area contributed by atoms with Gasteiger partial charge in [0.15, 0.2) is 0 Å². The Morgan fingerprint density at radius 1 is 1.26 bits per heavy atom. The molecule has 1 aromatic carbocycles. The number of amides is 2. The van der Waals surface area contributed by atoms with Crippen LogP contribution in [0.2, 0.25) is 0 Å². The number of anilines is 1. The van der Waals surface area contributed by atoms with Gasteiger partial charge in [-0.2, -0.15) is 0 Å². The van der Waals surface area contributed by atoms with Gasteiger partial charge < -0.3 is 14.4 Å². The van der Waals surface area contributed by atoms with Gasteiger partial charge in [0, 0.05) is 32.9 Å². The molecule has 1 saturated heterocycles. The fraction of sp³-hybridized carbons (Fsp3) is 0.600. The fourth-order valence-corrected chi connectivity index (χ4v) is 3.25. The van der Waals surface area contributed by atoms with Crippen molar-refractivity contribution in [3.05, 3.63) is 23.8 Å². The van der Waals surface area contributed by atoms with E-state index in [1.165, 1.54) is 6.92 Å². The standard InChI is InChI=1S/C20H31N2O4P/c1-6-15-13-17(7-8-18(15)22(27)14(2)23)25-16-9-11-21(12-10-16)19(24)26-20(3,4)5/h7-8,13,16H,6,9-12,27H2,1-5H3. The lowest BCUT2D eigenvalue weighted by Crippen LogP contribution is -2.44. The minimum atomic E-state index is -0.478. The summed E-state index contributed by atoms with van der Waals surface area (Å²) in [6, 6.07) is 5.81. The largest absolute Gasteiger partial charge is 0.490 e. The van der Waals surface area contributed by atoms with Crippen LogP contribution < -0.4 is 9.41 Å². The van der Waals surface area contributed by atoms with Gasteiger partial charge >= 0.3 is 6.09 Å². The summed E-state index contributed by atoms with van der Waals surface area (Å²) in [5.74, 6) is 0.770. The number of benzene rings is 1. The maximum Gasteiger partial charge on any atom is 0.410 e. The minimum Gasteiger partial charge on any atom is -0.490 e. The van der Waals surface area contributed by atoms with Gasteiger partial charge in [-0.3, -0.25) is 9.46 Å². The van der Waals surface area contributed by atoms with E-state index < -0.39 is 5.60 Å². The van der Waals surface area contributed by atoms with E-state index in [9.17, 15) is 9.59 Å². The SMILES string of the molecule is CCc1cc(OC2CCN(C(=O)OC(C)(C)C)CC2)ccc1N(P)C(C)=O. The molecule has 2 amide bonds. The first-order valence-corrected chi connectivity index (χ1v) is 9.95.